The Labute approximate surface area is 137 Å². The second kappa shape index (κ2) is 7.71. The van der Waals surface area contributed by atoms with Gasteiger partial charge in [0.2, 0.25) is 0 Å². The van der Waals surface area contributed by atoms with Crippen molar-refractivity contribution >= 4 is 23.2 Å². The molecule has 0 saturated carbocycles. The lowest BCUT2D eigenvalue weighted by atomic mass is 10.1. The molecular weight excluding hydrogens is 320 g/mol. The van der Waals surface area contributed by atoms with Gasteiger partial charge in [-0.3, -0.25) is 14.9 Å². The molecule has 120 valence electrons. The lowest BCUT2D eigenvalue weighted by Gasteiger charge is -2.12. The molecule has 0 radical (unpaired) electrons. The molecule has 2 rings (SSSR count). The number of hydrogen-bond donors (Lipinski definition) is 2. The number of carbonyl (C=O) groups excluding carboxylic acids is 1. The van der Waals surface area contributed by atoms with Crippen molar-refractivity contribution in [1.82, 2.24) is 5.32 Å². The van der Waals surface area contributed by atoms with Crippen LogP contribution in [0.1, 0.15) is 28.4 Å². The highest BCUT2D eigenvalue weighted by atomic mass is 35.5. The molecule has 0 fully saturated rings. The molecule has 0 saturated heterocycles. The molecule has 2 aromatic rings. The number of hydrogen-bond acceptors (Lipinski definition) is 4. The van der Waals surface area contributed by atoms with Gasteiger partial charge >= 0.3 is 0 Å². The topological polar surface area (TPSA) is 92.5 Å². The van der Waals surface area contributed by atoms with E-state index < -0.39 is 16.9 Å². The van der Waals surface area contributed by atoms with E-state index >= 15 is 0 Å². The quantitative estimate of drug-likeness (QED) is 0.627. The SMILES string of the molecule is O=C(NCCC(O)c1ccccc1)c1cc([N+](=O)[O-])ccc1Cl. The number of amides is 1. The van der Waals surface area contributed by atoms with Crippen LogP contribution >= 0.6 is 11.6 Å². The minimum absolute atomic E-state index is 0.0371. The third-order valence-corrected chi connectivity index (χ3v) is 3.62. The molecule has 7 heteroatoms. The molecule has 0 bridgehead atoms. The summed E-state index contributed by atoms with van der Waals surface area (Å²) in [6.07, 6.45) is -0.375. The number of benzene rings is 2. The summed E-state index contributed by atoms with van der Waals surface area (Å²) in [5, 5.41) is 23.5. The van der Waals surface area contributed by atoms with Gasteiger partial charge < -0.3 is 10.4 Å². The minimum Gasteiger partial charge on any atom is -0.388 e. The van der Waals surface area contributed by atoms with Crippen molar-refractivity contribution < 1.29 is 14.8 Å². The minimum atomic E-state index is -0.697. The summed E-state index contributed by atoms with van der Waals surface area (Å²) in [5.41, 5.74) is 0.592. The first kappa shape index (κ1) is 16.9. The molecule has 0 heterocycles. The molecule has 2 N–H and O–H groups in total. The number of aliphatic hydroxyl groups is 1. The fourth-order valence-corrected chi connectivity index (χ4v) is 2.26. The van der Waals surface area contributed by atoms with Crippen LogP contribution in [0.15, 0.2) is 48.5 Å². The van der Waals surface area contributed by atoms with E-state index in [4.69, 9.17) is 11.6 Å². The molecule has 0 aliphatic rings. The number of halogens is 1. The Morgan fingerprint density at radius 1 is 1.26 bits per heavy atom. The van der Waals surface area contributed by atoms with E-state index in [1.54, 1.807) is 12.1 Å². The van der Waals surface area contributed by atoms with Gasteiger partial charge in [-0.2, -0.15) is 0 Å². The van der Waals surface area contributed by atoms with Crippen LogP contribution in [0.2, 0.25) is 5.02 Å². The summed E-state index contributed by atoms with van der Waals surface area (Å²) in [4.78, 5) is 22.2. The molecular formula is C16H15ClN2O4. The van der Waals surface area contributed by atoms with Crippen LogP contribution in [-0.2, 0) is 0 Å². The van der Waals surface area contributed by atoms with Crippen LogP contribution in [-0.4, -0.2) is 22.5 Å². The van der Waals surface area contributed by atoms with Crippen molar-refractivity contribution in [2.45, 2.75) is 12.5 Å². The van der Waals surface area contributed by atoms with Gasteiger partial charge in [-0.05, 0) is 18.1 Å². The first-order valence-corrected chi connectivity index (χ1v) is 7.32. The summed E-state index contributed by atoms with van der Waals surface area (Å²) in [5.74, 6) is -0.515. The molecule has 1 unspecified atom stereocenters. The smallest absolute Gasteiger partial charge is 0.270 e. The van der Waals surface area contributed by atoms with E-state index in [2.05, 4.69) is 5.32 Å². The third kappa shape index (κ3) is 4.51. The van der Waals surface area contributed by atoms with Crippen molar-refractivity contribution in [3.63, 3.8) is 0 Å². The van der Waals surface area contributed by atoms with Crippen LogP contribution in [0.4, 0.5) is 5.69 Å². The Morgan fingerprint density at radius 3 is 2.61 bits per heavy atom. The summed E-state index contributed by atoms with van der Waals surface area (Å²) >= 11 is 5.90. The number of nitrogens with zero attached hydrogens (tertiary/aromatic N) is 1. The fourth-order valence-electron chi connectivity index (χ4n) is 2.06. The van der Waals surface area contributed by atoms with Gasteiger partial charge in [0, 0.05) is 18.7 Å². The van der Waals surface area contributed by atoms with E-state index in [-0.39, 0.29) is 22.8 Å². The Kier molecular flexibility index (Phi) is 5.67. The highest BCUT2D eigenvalue weighted by molar-refractivity contribution is 6.33. The van der Waals surface area contributed by atoms with Crippen LogP contribution in [0.25, 0.3) is 0 Å². The predicted molar refractivity (Wildman–Crippen MR) is 86.5 cm³/mol. The fraction of sp³-hybridized carbons (Fsp3) is 0.188. The normalized spacial score (nSPS) is 11.7. The van der Waals surface area contributed by atoms with Gasteiger partial charge in [-0.25, -0.2) is 0 Å². The van der Waals surface area contributed by atoms with E-state index in [1.807, 2.05) is 18.2 Å². The van der Waals surface area contributed by atoms with Crippen LogP contribution in [0, 0.1) is 10.1 Å². The maximum absolute atomic E-state index is 12.1. The molecule has 23 heavy (non-hydrogen) atoms. The molecule has 1 amide bonds. The molecule has 2 aromatic carbocycles. The largest absolute Gasteiger partial charge is 0.388 e. The second-order valence-corrected chi connectivity index (χ2v) is 5.30. The highest BCUT2D eigenvalue weighted by Crippen LogP contribution is 2.22. The number of nitro benzene ring substituents is 1. The van der Waals surface area contributed by atoms with E-state index in [0.717, 1.165) is 11.6 Å². The first-order chi connectivity index (χ1) is 11.0. The van der Waals surface area contributed by atoms with Crippen molar-refractivity contribution in [1.29, 1.82) is 0 Å². The third-order valence-electron chi connectivity index (χ3n) is 3.29. The van der Waals surface area contributed by atoms with Crippen LogP contribution < -0.4 is 5.32 Å². The van der Waals surface area contributed by atoms with Crippen molar-refractivity contribution in [2.24, 2.45) is 0 Å². The van der Waals surface area contributed by atoms with E-state index in [9.17, 15) is 20.0 Å². The Morgan fingerprint density at radius 2 is 1.96 bits per heavy atom. The second-order valence-electron chi connectivity index (χ2n) is 4.89. The van der Waals surface area contributed by atoms with Crippen LogP contribution in [0.3, 0.4) is 0 Å². The molecule has 6 nitrogen and oxygen atoms in total. The van der Waals surface area contributed by atoms with Gasteiger partial charge in [-0.1, -0.05) is 41.9 Å². The highest BCUT2D eigenvalue weighted by Gasteiger charge is 2.16. The van der Waals surface area contributed by atoms with E-state index in [0.29, 0.717) is 6.42 Å². The first-order valence-electron chi connectivity index (χ1n) is 6.94. The summed E-state index contributed by atoms with van der Waals surface area (Å²) in [7, 11) is 0. The Balaban J connectivity index is 1.95. The zero-order chi connectivity index (χ0) is 16.8. The number of nitrogens with one attached hydrogen (secondary N) is 1. The van der Waals surface area contributed by atoms with Gasteiger partial charge in [0.15, 0.2) is 0 Å². The summed E-state index contributed by atoms with van der Waals surface area (Å²) in [6.45, 7) is 0.216. The number of carbonyl (C=O) groups is 1. The van der Waals surface area contributed by atoms with Gasteiger partial charge in [0.25, 0.3) is 11.6 Å². The number of nitro groups is 1. The number of aliphatic hydroxyl groups excluding tert-OH is 1. The average molecular weight is 335 g/mol. The lowest BCUT2D eigenvalue weighted by molar-refractivity contribution is -0.384. The van der Waals surface area contributed by atoms with Crippen LogP contribution in [0.5, 0.6) is 0 Å². The Bertz CT molecular complexity index is 706. The Hall–Kier alpha value is -2.44. The molecule has 0 aliphatic heterocycles. The standard InChI is InChI=1S/C16H15ClN2O4/c17-14-7-6-12(19(22)23)10-13(14)16(21)18-9-8-15(20)11-4-2-1-3-5-11/h1-7,10,15,20H,8-9H2,(H,18,21). The number of rotatable bonds is 6. The van der Waals surface area contributed by atoms with Gasteiger partial charge in [-0.15, -0.1) is 0 Å². The van der Waals surface area contributed by atoms with Gasteiger partial charge in [0.1, 0.15) is 0 Å². The maximum Gasteiger partial charge on any atom is 0.270 e. The molecule has 0 aromatic heterocycles. The zero-order valence-corrected chi connectivity index (χ0v) is 12.9. The summed E-state index contributed by atoms with van der Waals surface area (Å²) < 4.78 is 0. The van der Waals surface area contributed by atoms with E-state index in [1.165, 1.54) is 12.1 Å². The molecule has 0 spiro atoms. The summed E-state index contributed by atoms with van der Waals surface area (Å²) in [6, 6.07) is 12.8. The van der Waals surface area contributed by atoms with Crippen molar-refractivity contribution in [3.8, 4) is 0 Å². The lowest BCUT2D eigenvalue weighted by Crippen LogP contribution is -2.26. The zero-order valence-electron chi connectivity index (χ0n) is 12.1. The molecule has 0 aliphatic carbocycles. The monoisotopic (exact) mass is 334 g/mol. The molecule has 1 atom stereocenters. The maximum atomic E-state index is 12.1. The van der Waals surface area contributed by atoms with Crippen molar-refractivity contribution in [3.05, 3.63) is 74.8 Å². The average Bonchev–Trinajstić information content (AvgIpc) is 2.55. The predicted octanol–water partition coefficient (Wildman–Crippen LogP) is 3.10. The van der Waals surface area contributed by atoms with Crippen molar-refractivity contribution in [2.75, 3.05) is 6.54 Å². The van der Waals surface area contributed by atoms with Gasteiger partial charge in [0.05, 0.1) is 21.6 Å². The number of non-ortho nitro benzene ring substituents is 1.